The van der Waals surface area contributed by atoms with Crippen LogP contribution in [0.15, 0.2) is 71.6 Å². The third-order valence-electron chi connectivity index (χ3n) is 6.53. The molecule has 1 saturated carbocycles. The van der Waals surface area contributed by atoms with Gasteiger partial charge in [0.1, 0.15) is 5.82 Å². The first-order chi connectivity index (χ1) is 15.1. The lowest BCUT2D eigenvalue weighted by molar-refractivity contribution is -0.0546. The van der Waals surface area contributed by atoms with Gasteiger partial charge >= 0.3 is 0 Å². The van der Waals surface area contributed by atoms with Crippen molar-refractivity contribution in [2.45, 2.75) is 30.7 Å². The number of H-pyrrole nitrogens is 1. The Morgan fingerprint density at radius 2 is 1.90 bits per heavy atom. The summed E-state index contributed by atoms with van der Waals surface area (Å²) in [5, 5.41) is 27.0. The molecule has 7 heteroatoms. The van der Waals surface area contributed by atoms with E-state index in [4.69, 9.17) is 0 Å². The minimum absolute atomic E-state index is 0.126. The minimum Gasteiger partial charge on any atom is -0.390 e. The molecule has 157 valence electrons. The van der Waals surface area contributed by atoms with Crippen molar-refractivity contribution < 1.29 is 10.2 Å². The van der Waals surface area contributed by atoms with Gasteiger partial charge in [0.15, 0.2) is 0 Å². The fourth-order valence-corrected chi connectivity index (χ4v) is 4.88. The third-order valence-corrected chi connectivity index (χ3v) is 6.53. The first kappa shape index (κ1) is 18.8. The van der Waals surface area contributed by atoms with E-state index in [1.807, 2.05) is 28.5 Å². The van der Waals surface area contributed by atoms with Crippen molar-refractivity contribution >= 4 is 28.0 Å². The van der Waals surface area contributed by atoms with Crippen LogP contribution < -0.4 is 5.43 Å². The molecule has 0 bridgehead atoms. The lowest BCUT2D eigenvalue weighted by atomic mass is 10.0. The summed E-state index contributed by atoms with van der Waals surface area (Å²) in [6, 6.07) is 14.3. The second kappa shape index (κ2) is 7.03. The van der Waals surface area contributed by atoms with Crippen LogP contribution in [0.4, 0.5) is 0 Å². The predicted molar refractivity (Wildman–Crippen MR) is 120 cm³/mol. The number of hydrogen-bond acceptors (Lipinski definition) is 6. The first-order valence-corrected chi connectivity index (χ1v) is 10.6. The summed E-state index contributed by atoms with van der Waals surface area (Å²) in [6.07, 6.45) is 6.55. The summed E-state index contributed by atoms with van der Waals surface area (Å²) in [5.74, 6) is 0.606. The molecule has 3 heterocycles. The molecule has 3 aromatic rings. The van der Waals surface area contributed by atoms with Gasteiger partial charge in [-0.25, -0.2) is 15.4 Å². The number of fused-ring (bicyclic) bond motifs is 4. The van der Waals surface area contributed by atoms with Crippen LogP contribution in [-0.2, 0) is 0 Å². The van der Waals surface area contributed by atoms with Crippen molar-refractivity contribution in [3.63, 3.8) is 0 Å². The van der Waals surface area contributed by atoms with E-state index in [1.165, 1.54) is 10.8 Å². The van der Waals surface area contributed by atoms with E-state index in [9.17, 15) is 10.2 Å². The Bertz CT molecular complexity index is 1250. The minimum atomic E-state index is -0.874. The molecule has 3 aliphatic rings. The Morgan fingerprint density at radius 1 is 1.06 bits per heavy atom. The monoisotopic (exact) mass is 414 g/mol. The summed E-state index contributed by atoms with van der Waals surface area (Å²) < 4.78 is 0. The summed E-state index contributed by atoms with van der Waals surface area (Å²) in [4.78, 5) is 8.01. The summed E-state index contributed by atoms with van der Waals surface area (Å²) in [7, 11) is 0. The smallest absolute Gasteiger partial charge is 0.146 e. The molecule has 1 fully saturated rings. The molecule has 0 saturated heterocycles. The van der Waals surface area contributed by atoms with Crippen LogP contribution in [-0.4, -0.2) is 49.8 Å². The molecule has 1 unspecified atom stereocenters. The molecule has 1 aliphatic carbocycles. The average molecular weight is 414 g/mol. The van der Waals surface area contributed by atoms with Gasteiger partial charge in [0.25, 0.3) is 0 Å². The van der Waals surface area contributed by atoms with Gasteiger partial charge in [-0.2, -0.15) is 0 Å². The maximum Gasteiger partial charge on any atom is 0.146 e. The number of aliphatic hydroxyl groups is 2. The number of aliphatic hydroxyl groups excluding tert-OH is 2. The van der Waals surface area contributed by atoms with E-state index in [0.29, 0.717) is 6.42 Å². The SMILES string of the molecule is [CH2][C@@H]1C[C@@H](NN2C(c3ccc4c(c3)[nH]c3ccccc34)C=C3N=CC=CN32)[C@H](O)[C@@H]1O. The second-order valence-corrected chi connectivity index (χ2v) is 8.47. The number of aromatic amines is 1. The summed E-state index contributed by atoms with van der Waals surface area (Å²) in [5.41, 5.74) is 6.72. The van der Waals surface area contributed by atoms with Crippen LogP contribution in [0.3, 0.4) is 0 Å². The molecular formula is C24H24N5O2. The Labute approximate surface area is 179 Å². The van der Waals surface area contributed by atoms with Crippen LogP contribution in [0.5, 0.6) is 0 Å². The number of aliphatic imine (C=N–C) groups is 1. The molecule has 6 rings (SSSR count). The van der Waals surface area contributed by atoms with E-state index >= 15 is 0 Å². The van der Waals surface area contributed by atoms with Crippen LogP contribution in [0, 0.1) is 12.8 Å². The number of rotatable bonds is 3. The van der Waals surface area contributed by atoms with E-state index in [1.54, 1.807) is 6.21 Å². The van der Waals surface area contributed by atoms with Crippen molar-refractivity contribution in [1.82, 2.24) is 20.5 Å². The molecular weight excluding hydrogens is 390 g/mol. The Kier molecular flexibility index (Phi) is 4.26. The van der Waals surface area contributed by atoms with Gasteiger partial charge in [-0.3, -0.25) is 0 Å². The van der Waals surface area contributed by atoms with Gasteiger partial charge in [-0.05, 0) is 49.1 Å². The number of nitrogens with one attached hydrogen (secondary N) is 2. The van der Waals surface area contributed by atoms with Crippen molar-refractivity contribution in [3.05, 3.63) is 79.1 Å². The first-order valence-electron chi connectivity index (χ1n) is 10.6. The average Bonchev–Trinajstić information content (AvgIpc) is 3.42. The standard InChI is InChI=1S/C24H24N5O2/c1-14-11-20(24(31)23(14)30)27-29-21(13-22-25-9-4-10-28(22)29)15-7-8-17-16-5-2-3-6-18(16)26-19(17)12-15/h2-10,12-14,20-21,23-24,26-27,30-31H,1,11H2/t14-,20-,21?,23-,24+/m1/s1. The third kappa shape index (κ3) is 2.93. The number of hydrazine groups is 2. The highest BCUT2D eigenvalue weighted by molar-refractivity contribution is 6.07. The van der Waals surface area contributed by atoms with Crippen molar-refractivity contribution in [3.8, 4) is 0 Å². The van der Waals surface area contributed by atoms with Crippen molar-refractivity contribution in [2.75, 3.05) is 0 Å². The van der Waals surface area contributed by atoms with Crippen LogP contribution in [0.2, 0.25) is 0 Å². The van der Waals surface area contributed by atoms with Gasteiger partial charge in [0, 0.05) is 34.2 Å². The molecule has 2 aliphatic heterocycles. The lowest BCUT2D eigenvalue weighted by Gasteiger charge is -2.36. The maximum absolute atomic E-state index is 10.5. The molecule has 31 heavy (non-hydrogen) atoms. The number of aromatic nitrogens is 1. The van der Waals surface area contributed by atoms with Crippen LogP contribution in [0.25, 0.3) is 21.8 Å². The fourth-order valence-electron chi connectivity index (χ4n) is 4.88. The molecule has 7 nitrogen and oxygen atoms in total. The zero-order valence-corrected chi connectivity index (χ0v) is 16.9. The highest BCUT2D eigenvalue weighted by Gasteiger charge is 2.43. The molecule has 0 amide bonds. The van der Waals surface area contributed by atoms with E-state index in [0.717, 1.165) is 22.4 Å². The number of hydrogen-bond donors (Lipinski definition) is 4. The molecule has 2 aromatic carbocycles. The zero-order chi connectivity index (χ0) is 21.1. The van der Waals surface area contributed by atoms with Gasteiger partial charge < -0.3 is 15.2 Å². The normalized spacial score (nSPS) is 30.5. The van der Waals surface area contributed by atoms with Crippen molar-refractivity contribution in [2.24, 2.45) is 10.9 Å². The largest absolute Gasteiger partial charge is 0.390 e. The van der Waals surface area contributed by atoms with Crippen LogP contribution in [0.1, 0.15) is 18.0 Å². The van der Waals surface area contributed by atoms with Gasteiger partial charge in [-0.15, -0.1) is 5.12 Å². The lowest BCUT2D eigenvalue weighted by Crippen LogP contribution is -2.53. The van der Waals surface area contributed by atoms with E-state index in [-0.39, 0.29) is 18.0 Å². The van der Waals surface area contributed by atoms with Gasteiger partial charge in [-0.1, -0.05) is 30.3 Å². The Hall–Kier alpha value is -2.97. The van der Waals surface area contributed by atoms with Gasteiger partial charge in [0.05, 0.1) is 24.3 Å². The quantitative estimate of drug-likeness (QED) is 0.530. The molecule has 0 spiro atoms. The topological polar surface area (TPSA) is 87.1 Å². The van der Waals surface area contributed by atoms with E-state index in [2.05, 4.69) is 64.8 Å². The highest BCUT2D eigenvalue weighted by atomic mass is 16.3. The molecule has 4 N–H and O–H groups in total. The Balaban J connectivity index is 1.38. The number of benzene rings is 2. The number of allylic oxidation sites excluding steroid dienone is 1. The summed E-state index contributed by atoms with van der Waals surface area (Å²) in [6.45, 7) is 3.97. The second-order valence-electron chi connectivity index (χ2n) is 8.47. The molecule has 5 atom stereocenters. The zero-order valence-electron chi connectivity index (χ0n) is 16.9. The van der Waals surface area contributed by atoms with Crippen LogP contribution >= 0.6 is 0 Å². The number of nitrogens with zero attached hydrogens (tertiary/aromatic N) is 3. The molecule has 1 aromatic heterocycles. The molecule has 1 radical (unpaired) electrons. The number of para-hydroxylation sites is 1. The van der Waals surface area contributed by atoms with Crippen molar-refractivity contribution in [1.29, 1.82) is 0 Å². The fraction of sp³-hybridized carbons (Fsp3) is 0.250. The van der Waals surface area contributed by atoms with Gasteiger partial charge in [0.2, 0.25) is 0 Å². The Morgan fingerprint density at radius 3 is 2.74 bits per heavy atom. The predicted octanol–water partition coefficient (Wildman–Crippen LogP) is 2.78. The maximum atomic E-state index is 10.5. The summed E-state index contributed by atoms with van der Waals surface area (Å²) >= 11 is 0. The van der Waals surface area contributed by atoms with E-state index < -0.39 is 12.2 Å². The highest BCUT2D eigenvalue weighted by Crippen LogP contribution is 2.37.